The second-order valence-electron chi connectivity index (χ2n) is 7.31. The van der Waals surface area contributed by atoms with Crippen molar-refractivity contribution >= 4 is 5.91 Å². The summed E-state index contributed by atoms with van der Waals surface area (Å²) in [6.07, 6.45) is 2.35. The number of aromatic nitrogens is 3. The van der Waals surface area contributed by atoms with Crippen molar-refractivity contribution in [3.05, 3.63) is 69.2 Å². The third-order valence-corrected chi connectivity index (χ3v) is 5.39. The van der Waals surface area contributed by atoms with Crippen LogP contribution in [-0.2, 0) is 13.0 Å². The molecule has 5 rings (SSSR count). The van der Waals surface area contributed by atoms with Gasteiger partial charge in [-0.25, -0.2) is 4.98 Å². The number of nitrogens with zero attached hydrogens (tertiary/aromatic N) is 3. The molecule has 0 aliphatic carbocycles. The number of carbonyl (C=O) groups excluding carboxylic acids is 1. The first kappa shape index (κ1) is 17.5. The lowest BCUT2D eigenvalue weighted by Crippen LogP contribution is -2.40. The van der Waals surface area contributed by atoms with Crippen LogP contribution in [0.4, 0.5) is 0 Å². The van der Waals surface area contributed by atoms with Crippen LogP contribution in [0.3, 0.4) is 0 Å². The number of pyridine rings is 1. The van der Waals surface area contributed by atoms with Gasteiger partial charge in [0.05, 0.1) is 23.6 Å². The monoisotopic (exact) mass is 392 g/mol. The van der Waals surface area contributed by atoms with Gasteiger partial charge in [0.2, 0.25) is 6.79 Å². The van der Waals surface area contributed by atoms with Crippen molar-refractivity contribution in [3.8, 4) is 17.2 Å². The Morgan fingerprint density at radius 3 is 2.86 bits per heavy atom. The molecule has 1 N–H and O–H groups in total. The predicted molar refractivity (Wildman–Crippen MR) is 105 cm³/mol. The van der Waals surface area contributed by atoms with Crippen molar-refractivity contribution in [1.29, 1.82) is 0 Å². The Balaban J connectivity index is 1.51. The topological polar surface area (TPSA) is 89.5 Å². The summed E-state index contributed by atoms with van der Waals surface area (Å²) in [7, 11) is 0. The van der Waals surface area contributed by atoms with Gasteiger partial charge in [-0.15, -0.1) is 0 Å². The molecule has 148 valence electrons. The third kappa shape index (κ3) is 2.88. The normalized spacial score (nSPS) is 14.8. The minimum Gasteiger partial charge on any atom is -0.454 e. The lowest BCUT2D eigenvalue weighted by atomic mass is 10.1. The van der Waals surface area contributed by atoms with Gasteiger partial charge < -0.3 is 19.4 Å². The highest BCUT2D eigenvalue weighted by molar-refractivity contribution is 5.95. The summed E-state index contributed by atoms with van der Waals surface area (Å²) in [6, 6.07) is 7.07. The van der Waals surface area contributed by atoms with E-state index in [9.17, 15) is 9.59 Å². The number of hydrogen-bond acceptors (Lipinski definition) is 5. The largest absolute Gasteiger partial charge is 0.454 e. The average Bonchev–Trinajstić information content (AvgIpc) is 3.31. The van der Waals surface area contributed by atoms with E-state index in [4.69, 9.17) is 9.47 Å². The maximum atomic E-state index is 13.3. The van der Waals surface area contributed by atoms with Gasteiger partial charge in [-0.3, -0.25) is 14.2 Å². The minimum absolute atomic E-state index is 0.162. The number of aryl methyl sites for hydroxylation is 2. The number of benzene rings is 1. The maximum Gasteiger partial charge on any atom is 0.268 e. The van der Waals surface area contributed by atoms with Crippen LogP contribution in [0.1, 0.15) is 33.1 Å². The van der Waals surface area contributed by atoms with E-state index in [1.807, 2.05) is 6.92 Å². The molecule has 0 radical (unpaired) electrons. The average molecular weight is 392 g/mol. The molecular weight excluding hydrogens is 372 g/mol. The standard InChI is InChI=1S/C21H20N4O4/c1-12-5-8-25(14-3-4-17-18(9-14)29-11-28-17)21(27)19(12)20(26)24-7-6-15-16(10-24)23-13(2)22-15/h3-5,8-9H,6-7,10-11H2,1-2H3,(H,22,23). The second-order valence-corrected chi connectivity index (χ2v) is 7.31. The Kier molecular flexibility index (Phi) is 3.94. The molecule has 0 unspecified atom stereocenters. The van der Waals surface area contributed by atoms with Crippen LogP contribution < -0.4 is 15.0 Å². The van der Waals surface area contributed by atoms with Crippen LogP contribution in [-0.4, -0.2) is 38.7 Å². The molecule has 2 aliphatic heterocycles. The van der Waals surface area contributed by atoms with Crippen molar-refractivity contribution in [2.24, 2.45) is 0 Å². The van der Waals surface area contributed by atoms with Crippen LogP contribution in [0, 0.1) is 13.8 Å². The Labute approximate surface area is 166 Å². The molecule has 8 nitrogen and oxygen atoms in total. The van der Waals surface area contributed by atoms with Crippen LogP contribution >= 0.6 is 0 Å². The van der Waals surface area contributed by atoms with Crippen molar-refractivity contribution < 1.29 is 14.3 Å². The van der Waals surface area contributed by atoms with Crippen molar-refractivity contribution in [2.75, 3.05) is 13.3 Å². The Bertz CT molecular complexity index is 1190. The fourth-order valence-electron chi connectivity index (χ4n) is 3.89. The van der Waals surface area contributed by atoms with Gasteiger partial charge in [-0.2, -0.15) is 0 Å². The van der Waals surface area contributed by atoms with Gasteiger partial charge in [0, 0.05) is 25.2 Å². The van der Waals surface area contributed by atoms with E-state index in [-0.39, 0.29) is 23.8 Å². The van der Waals surface area contributed by atoms with Gasteiger partial charge in [0.15, 0.2) is 11.5 Å². The highest BCUT2D eigenvalue weighted by atomic mass is 16.7. The van der Waals surface area contributed by atoms with Gasteiger partial charge in [-0.05, 0) is 37.6 Å². The highest BCUT2D eigenvalue weighted by Crippen LogP contribution is 2.33. The number of fused-ring (bicyclic) bond motifs is 2. The molecule has 2 aromatic heterocycles. The highest BCUT2D eigenvalue weighted by Gasteiger charge is 2.27. The minimum atomic E-state index is -0.347. The number of ether oxygens (including phenoxy) is 2. The molecular formula is C21H20N4O4. The number of hydrogen-bond donors (Lipinski definition) is 1. The summed E-state index contributed by atoms with van der Waals surface area (Å²) in [4.78, 5) is 35.9. The molecule has 4 heterocycles. The van der Waals surface area contributed by atoms with Gasteiger partial charge in [0.25, 0.3) is 11.5 Å². The number of amides is 1. The zero-order valence-corrected chi connectivity index (χ0v) is 16.2. The molecule has 0 spiro atoms. The number of nitrogens with one attached hydrogen (secondary N) is 1. The Hall–Kier alpha value is -3.55. The first-order valence-electron chi connectivity index (χ1n) is 9.47. The summed E-state index contributed by atoms with van der Waals surface area (Å²) in [5, 5.41) is 0. The summed E-state index contributed by atoms with van der Waals surface area (Å²) in [5.41, 5.74) is 3.05. The molecule has 0 saturated carbocycles. The zero-order valence-electron chi connectivity index (χ0n) is 16.2. The smallest absolute Gasteiger partial charge is 0.268 e. The van der Waals surface area contributed by atoms with Gasteiger partial charge >= 0.3 is 0 Å². The van der Waals surface area contributed by atoms with Crippen LogP contribution in [0.2, 0.25) is 0 Å². The van der Waals surface area contributed by atoms with E-state index in [1.165, 1.54) is 4.57 Å². The fourth-order valence-corrected chi connectivity index (χ4v) is 3.89. The van der Waals surface area contributed by atoms with E-state index in [0.29, 0.717) is 42.3 Å². The van der Waals surface area contributed by atoms with Gasteiger partial charge in [0.1, 0.15) is 11.4 Å². The fraction of sp³-hybridized carbons (Fsp3) is 0.286. The Morgan fingerprint density at radius 2 is 2.00 bits per heavy atom. The molecule has 1 aromatic carbocycles. The summed E-state index contributed by atoms with van der Waals surface area (Å²) >= 11 is 0. The van der Waals surface area contributed by atoms with Gasteiger partial charge in [-0.1, -0.05) is 0 Å². The summed E-state index contributed by atoms with van der Waals surface area (Å²) in [5.74, 6) is 1.80. The summed E-state index contributed by atoms with van der Waals surface area (Å²) < 4.78 is 12.2. The molecule has 3 aromatic rings. The van der Waals surface area contributed by atoms with Crippen molar-refractivity contribution in [3.63, 3.8) is 0 Å². The number of aromatic amines is 1. The Morgan fingerprint density at radius 1 is 1.17 bits per heavy atom. The number of H-pyrrole nitrogens is 1. The quantitative estimate of drug-likeness (QED) is 0.722. The predicted octanol–water partition coefficient (Wildman–Crippen LogP) is 2.10. The molecule has 0 atom stereocenters. The SMILES string of the molecule is Cc1nc2c([nH]1)CN(C(=O)c1c(C)ccn(-c3ccc4c(c3)OCO4)c1=O)CC2. The number of imidazole rings is 1. The third-order valence-electron chi connectivity index (χ3n) is 5.39. The number of carbonyl (C=O) groups is 1. The maximum absolute atomic E-state index is 13.3. The molecule has 8 heteroatoms. The molecule has 1 amide bonds. The van der Waals surface area contributed by atoms with Crippen LogP contribution in [0.5, 0.6) is 11.5 Å². The van der Waals surface area contributed by atoms with Crippen LogP contribution in [0.25, 0.3) is 5.69 Å². The molecule has 29 heavy (non-hydrogen) atoms. The van der Waals surface area contributed by atoms with E-state index >= 15 is 0 Å². The van der Waals surface area contributed by atoms with E-state index in [1.54, 1.807) is 42.3 Å². The second kappa shape index (κ2) is 6.51. The summed E-state index contributed by atoms with van der Waals surface area (Å²) in [6.45, 7) is 4.81. The van der Waals surface area contributed by atoms with E-state index in [0.717, 1.165) is 17.2 Å². The first-order chi connectivity index (χ1) is 14.0. The number of rotatable bonds is 2. The molecule has 0 fully saturated rings. The molecule has 0 bridgehead atoms. The lowest BCUT2D eigenvalue weighted by molar-refractivity contribution is 0.0729. The molecule has 2 aliphatic rings. The lowest BCUT2D eigenvalue weighted by Gasteiger charge is -2.26. The van der Waals surface area contributed by atoms with Crippen molar-refractivity contribution in [1.82, 2.24) is 19.4 Å². The van der Waals surface area contributed by atoms with Crippen molar-refractivity contribution in [2.45, 2.75) is 26.8 Å². The zero-order chi connectivity index (χ0) is 20.1. The van der Waals surface area contributed by atoms with Crippen LogP contribution in [0.15, 0.2) is 35.3 Å². The first-order valence-corrected chi connectivity index (χ1v) is 9.47. The van der Waals surface area contributed by atoms with E-state index < -0.39 is 0 Å². The van der Waals surface area contributed by atoms with E-state index in [2.05, 4.69) is 9.97 Å². The molecule has 0 saturated heterocycles.